The number of benzene rings is 2. The Morgan fingerprint density at radius 1 is 0.833 bits per heavy atom. The zero-order valence-corrected chi connectivity index (χ0v) is 18.1. The summed E-state index contributed by atoms with van der Waals surface area (Å²) in [5.74, 6) is 1.39. The number of hydrogen-bond acceptors (Lipinski definition) is 4. The lowest BCUT2D eigenvalue weighted by Gasteiger charge is -2.11. The highest BCUT2D eigenvalue weighted by molar-refractivity contribution is 5.94. The first-order valence-electron chi connectivity index (χ1n) is 11.0. The SMILES string of the molecule is C=CCCCCOc1ccc(OC(=O)c2ccccc2OCCCCCCC)cc1. The van der Waals surface area contributed by atoms with Gasteiger partial charge in [0.25, 0.3) is 0 Å². The lowest BCUT2D eigenvalue weighted by Crippen LogP contribution is -2.11. The normalized spacial score (nSPS) is 10.4. The van der Waals surface area contributed by atoms with E-state index in [9.17, 15) is 4.79 Å². The summed E-state index contributed by atoms with van der Waals surface area (Å²) in [5, 5.41) is 0. The third-order valence-corrected chi connectivity index (χ3v) is 4.72. The van der Waals surface area contributed by atoms with Crippen LogP contribution in [0.2, 0.25) is 0 Å². The monoisotopic (exact) mass is 410 g/mol. The van der Waals surface area contributed by atoms with Gasteiger partial charge in [0.15, 0.2) is 0 Å². The third kappa shape index (κ3) is 8.73. The molecule has 30 heavy (non-hydrogen) atoms. The number of allylic oxidation sites excluding steroid dienone is 1. The third-order valence-electron chi connectivity index (χ3n) is 4.72. The molecule has 0 radical (unpaired) electrons. The average Bonchev–Trinajstić information content (AvgIpc) is 2.77. The van der Waals surface area contributed by atoms with Crippen LogP contribution in [0.5, 0.6) is 17.2 Å². The van der Waals surface area contributed by atoms with Crippen LogP contribution < -0.4 is 14.2 Å². The Morgan fingerprint density at radius 3 is 2.27 bits per heavy atom. The van der Waals surface area contributed by atoms with Crippen LogP contribution in [0.1, 0.15) is 68.6 Å². The van der Waals surface area contributed by atoms with Crippen LogP contribution in [-0.2, 0) is 0 Å². The lowest BCUT2D eigenvalue weighted by molar-refractivity contribution is 0.0730. The molecule has 0 fully saturated rings. The maximum atomic E-state index is 12.6. The molecule has 0 heterocycles. The molecular formula is C26H34O4. The van der Waals surface area contributed by atoms with Crippen LogP contribution in [-0.4, -0.2) is 19.2 Å². The minimum atomic E-state index is -0.422. The van der Waals surface area contributed by atoms with Crippen molar-refractivity contribution in [3.63, 3.8) is 0 Å². The molecule has 2 rings (SSSR count). The Morgan fingerprint density at radius 2 is 1.50 bits per heavy atom. The molecule has 2 aromatic rings. The summed E-state index contributed by atoms with van der Waals surface area (Å²) in [6, 6.07) is 14.3. The predicted octanol–water partition coefficient (Wildman–Crippen LogP) is 6.99. The zero-order valence-electron chi connectivity index (χ0n) is 18.1. The molecule has 0 aliphatic carbocycles. The largest absolute Gasteiger partial charge is 0.494 e. The summed E-state index contributed by atoms with van der Waals surface area (Å²) in [4.78, 5) is 12.6. The van der Waals surface area contributed by atoms with Crippen LogP contribution in [0.15, 0.2) is 61.2 Å². The number of hydrogen-bond donors (Lipinski definition) is 0. The van der Waals surface area contributed by atoms with Crippen LogP contribution >= 0.6 is 0 Å². The van der Waals surface area contributed by atoms with Gasteiger partial charge in [-0.05, 0) is 62.1 Å². The molecule has 4 nitrogen and oxygen atoms in total. The Labute approximate surface area is 180 Å². The van der Waals surface area contributed by atoms with Crippen molar-refractivity contribution in [1.29, 1.82) is 0 Å². The highest BCUT2D eigenvalue weighted by Gasteiger charge is 2.14. The van der Waals surface area contributed by atoms with Gasteiger partial charge >= 0.3 is 5.97 Å². The van der Waals surface area contributed by atoms with Gasteiger partial charge in [0.1, 0.15) is 22.8 Å². The van der Waals surface area contributed by atoms with E-state index in [0.29, 0.717) is 30.3 Å². The molecule has 4 heteroatoms. The minimum absolute atomic E-state index is 0.422. The van der Waals surface area contributed by atoms with Gasteiger partial charge in [0.05, 0.1) is 13.2 Å². The Kier molecular flexibility index (Phi) is 11.2. The van der Waals surface area contributed by atoms with Crippen molar-refractivity contribution in [3.05, 3.63) is 66.7 Å². The molecule has 0 saturated heterocycles. The molecule has 0 amide bonds. The van der Waals surface area contributed by atoms with Gasteiger partial charge in [-0.25, -0.2) is 4.79 Å². The van der Waals surface area contributed by atoms with Crippen LogP contribution in [0.3, 0.4) is 0 Å². The summed E-state index contributed by atoms with van der Waals surface area (Å²) < 4.78 is 17.1. The van der Waals surface area contributed by atoms with E-state index < -0.39 is 5.97 Å². The van der Waals surface area contributed by atoms with Crippen LogP contribution in [0, 0.1) is 0 Å². The minimum Gasteiger partial charge on any atom is -0.494 e. The second-order valence-corrected chi connectivity index (χ2v) is 7.25. The van der Waals surface area contributed by atoms with E-state index in [4.69, 9.17) is 14.2 Å². The molecule has 0 saturated carbocycles. The molecule has 0 aromatic heterocycles. The smallest absolute Gasteiger partial charge is 0.347 e. The first kappa shape index (κ1) is 23.5. The average molecular weight is 411 g/mol. The lowest BCUT2D eigenvalue weighted by atomic mass is 10.1. The van der Waals surface area contributed by atoms with E-state index >= 15 is 0 Å². The van der Waals surface area contributed by atoms with E-state index in [1.807, 2.05) is 36.4 Å². The van der Waals surface area contributed by atoms with Gasteiger partial charge in [-0.2, -0.15) is 0 Å². The molecule has 0 unspecified atom stereocenters. The quantitative estimate of drug-likeness (QED) is 0.137. The summed E-state index contributed by atoms with van der Waals surface area (Å²) in [5.41, 5.74) is 0.439. The number of esters is 1. The highest BCUT2D eigenvalue weighted by Crippen LogP contribution is 2.23. The molecule has 162 valence electrons. The fourth-order valence-electron chi connectivity index (χ4n) is 3.00. The van der Waals surface area contributed by atoms with Crippen molar-refractivity contribution in [3.8, 4) is 17.2 Å². The number of unbranched alkanes of at least 4 members (excludes halogenated alkanes) is 6. The van der Waals surface area contributed by atoms with Gasteiger partial charge < -0.3 is 14.2 Å². The first-order valence-corrected chi connectivity index (χ1v) is 11.0. The van der Waals surface area contributed by atoms with Crippen molar-refractivity contribution < 1.29 is 19.0 Å². The number of rotatable bonds is 15. The molecule has 0 N–H and O–H groups in total. The van der Waals surface area contributed by atoms with Gasteiger partial charge in [0.2, 0.25) is 0 Å². The molecular weight excluding hydrogens is 376 g/mol. The number of carbonyl (C=O) groups is 1. The summed E-state index contributed by atoms with van der Waals surface area (Å²) in [7, 11) is 0. The van der Waals surface area contributed by atoms with E-state index in [1.165, 1.54) is 19.3 Å². The fraction of sp³-hybridized carbons (Fsp3) is 0.423. The summed E-state index contributed by atoms with van der Waals surface area (Å²) in [6.45, 7) is 7.18. The fourth-order valence-corrected chi connectivity index (χ4v) is 3.00. The van der Waals surface area contributed by atoms with E-state index in [0.717, 1.165) is 37.9 Å². The number of para-hydroxylation sites is 1. The Hall–Kier alpha value is -2.75. The van der Waals surface area contributed by atoms with Crippen molar-refractivity contribution in [2.45, 2.75) is 58.3 Å². The maximum absolute atomic E-state index is 12.6. The number of carbonyl (C=O) groups excluding carboxylic acids is 1. The molecule has 0 atom stereocenters. The van der Waals surface area contributed by atoms with E-state index in [1.54, 1.807) is 18.2 Å². The Bertz CT molecular complexity index is 752. The second-order valence-electron chi connectivity index (χ2n) is 7.25. The maximum Gasteiger partial charge on any atom is 0.347 e. The molecule has 0 aliphatic rings. The zero-order chi connectivity index (χ0) is 21.4. The van der Waals surface area contributed by atoms with Gasteiger partial charge in [-0.1, -0.05) is 50.8 Å². The van der Waals surface area contributed by atoms with Crippen molar-refractivity contribution >= 4 is 5.97 Å². The number of ether oxygens (including phenoxy) is 3. The van der Waals surface area contributed by atoms with Crippen molar-refractivity contribution in [1.82, 2.24) is 0 Å². The molecule has 0 bridgehead atoms. The van der Waals surface area contributed by atoms with Crippen LogP contribution in [0.4, 0.5) is 0 Å². The topological polar surface area (TPSA) is 44.8 Å². The summed E-state index contributed by atoms with van der Waals surface area (Å²) in [6.07, 6.45) is 10.8. The first-order chi connectivity index (χ1) is 14.7. The van der Waals surface area contributed by atoms with E-state index in [2.05, 4.69) is 13.5 Å². The second kappa shape index (κ2) is 14.3. The highest BCUT2D eigenvalue weighted by atomic mass is 16.5. The molecule has 2 aromatic carbocycles. The summed E-state index contributed by atoms with van der Waals surface area (Å²) >= 11 is 0. The van der Waals surface area contributed by atoms with E-state index in [-0.39, 0.29) is 0 Å². The van der Waals surface area contributed by atoms with Crippen LogP contribution in [0.25, 0.3) is 0 Å². The van der Waals surface area contributed by atoms with Crippen molar-refractivity contribution in [2.75, 3.05) is 13.2 Å². The van der Waals surface area contributed by atoms with Gasteiger partial charge in [0, 0.05) is 0 Å². The Balaban J connectivity index is 1.83. The molecule has 0 spiro atoms. The van der Waals surface area contributed by atoms with Gasteiger partial charge in [-0.15, -0.1) is 6.58 Å². The standard InChI is InChI=1S/C26H34O4/c1-3-5-7-9-13-21-29-25-15-11-10-14-24(25)26(27)30-23-18-16-22(17-19-23)28-20-12-8-6-4-2/h4,10-11,14-19H,2-3,5-9,12-13,20-21H2,1H3. The predicted molar refractivity (Wildman–Crippen MR) is 122 cm³/mol. The van der Waals surface area contributed by atoms with Gasteiger partial charge in [-0.3, -0.25) is 0 Å². The van der Waals surface area contributed by atoms with Crippen molar-refractivity contribution in [2.24, 2.45) is 0 Å². The molecule has 0 aliphatic heterocycles.